The molecule has 1 aromatic carbocycles. The Kier molecular flexibility index (Phi) is 4.87. The van der Waals surface area contributed by atoms with E-state index >= 15 is 0 Å². The lowest BCUT2D eigenvalue weighted by molar-refractivity contribution is 0.102. The van der Waals surface area contributed by atoms with Crippen molar-refractivity contribution < 1.29 is 9.53 Å². The van der Waals surface area contributed by atoms with Crippen LogP contribution >= 0.6 is 0 Å². The molecule has 0 aliphatic carbocycles. The van der Waals surface area contributed by atoms with E-state index in [0.29, 0.717) is 18.1 Å². The largest absolute Gasteiger partial charge is 0.497 e. The van der Waals surface area contributed by atoms with Crippen molar-refractivity contribution in [2.24, 2.45) is 0 Å². The van der Waals surface area contributed by atoms with Gasteiger partial charge in [0.25, 0.3) is 5.91 Å². The molecule has 2 aromatic rings. The number of methoxy groups -OCH3 is 1. The number of aromatic nitrogens is 2. The summed E-state index contributed by atoms with van der Waals surface area (Å²) in [4.78, 5) is 12.0. The molecule has 1 amide bonds. The van der Waals surface area contributed by atoms with Gasteiger partial charge in [0.2, 0.25) is 0 Å². The van der Waals surface area contributed by atoms with E-state index in [0.717, 1.165) is 5.75 Å². The molecule has 0 fully saturated rings. The molecule has 108 valence electrons. The molecule has 1 aromatic heterocycles. The third-order valence-corrected chi connectivity index (χ3v) is 2.67. The molecule has 6 heteroatoms. The number of nitrogens with one attached hydrogen (secondary N) is 2. The van der Waals surface area contributed by atoms with Crippen molar-refractivity contribution in [2.45, 2.75) is 0 Å². The van der Waals surface area contributed by atoms with E-state index in [-0.39, 0.29) is 11.6 Å². The van der Waals surface area contributed by atoms with Crippen molar-refractivity contribution in [1.29, 1.82) is 0 Å². The van der Waals surface area contributed by atoms with Gasteiger partial charge in [-0.25, -0.2) is 0 Å². The molecule has 0 saturated heterocycles. The van der Waals surface area contributed by atoms with Crippen molar-refractivity contribution in [3.8, 4) is 5.75 Å². The molecule has 0 radical (unpaired) electrons. The molecule has 0 bridgehead atoms. The molecule has 0 unspecified atom stereocenters. The molecular weight excluding hydrogens is 268 g/mol. The summed E-state index contributed by atoms with van der Waals surface area (Å²) in [7, 11) is 1.59. The van der Waals surface area contributed by atoms with Crippen molar-refractivity contribution in [2.75, 3.05) is 24.3 Å². The maximum Gasteiger partial charge on any atom is 0.276 e. The van der Waals surface area contributed by atoms with Gasteiger partial charge < -0.3 is 15.4 Å². The topological polar surface area (TPSA) is 76.1 Å². The second kappa shape index (κ2) is 7.04. The summed E-state index contributed by atoms with van der Waals surface area (Å²) in [6.07, 6.45) is 1.71. The molecule has 21 heavy (non-hydrogen) atoms. The lowest BCUT2D eigenvalue weighted by Crippen LogP contribution is -2.14. The lowest BCUT2D eigenvalue weighted by atomic mass is 10.3. The van der Waals surface area contributed by atoms with Gasteiger partial charge in [-0.15, -0.1) is 16.8 Å². The van der Waals surface area contributed by atoms with Gasteiger partial charge in [0, 0.05) is 12.2 Å². The third kappa shape index (κ3) is 4.04. The number of rotatable bonds is 6. The van der Waals surface area contributed by atoms with Crippen molar-refractivity contribution >= 4 is 17.4 Å². The number of ether oxygens (including phenoxy) is 1. The van der Waals surface area contributed by atoms with Crippen LogP contribution in [0.3, 0.4) is 0 Å². The summed E-state index contributed by atoms with van der Waals surface area (Å²) in [5.41, 5.74) is 0.909. The van der Waals surface area contributed by atoms with Crippen LogP contribution in [0.4, 0.5) is 11.5 Å². The van der Waals surface area contributed by atoms with E-state index in [2.05, 4.69) is 27.4 Å². The molecule has 0 aliphatic heterocycles. The van der Waals surface area contributed by atoms with Crippen molar-refractivity contribution in [3.05, 3.63) is 54.7 Å². The third-order valence-electron chi connectivity index (χ3n) is 2.67. The zero-order valence-electron chi connectivity index (χ0n) is 11.7. The average molecular weight is 284 g/mol. The Labute approximate surface area is 122 Å². The Morgan fingerprint density at radius 2 is 2.00 bits per heavy atom. The normalized spacial score (nSPS) is 9.76. The van der Waals surface area contributed by atoms with Gasteiger partial charge in [-0.2, -0.15) is 0 Å². The predicted molar refractivity (Wildman–Crippen MR) is 81.7 cm³/mol. The molecule has 1 heterocycles. The van der Waals surface area contributed by atoms with Crippen molar-refractivity contribution in [3.63, 3.8) is 0 Å². The molecule has 6 nitrogen and oxygen atoms in total. The first kappa shape index (κ1) is 14.5. The minimum absolute atomic E-state index is 0.245. The van der Waals surface area contributed by atoms with Gasteiger partial charge in [0.1, 0.15) is 11.6 Å². The lowest BCUT2D eigenvalue weighted by Gasteiger charge is -2.06. The van der Waals surface area contributed by atoms with Crippen LogP contribution in [0.15, 0.2) is 49.1 Å². The minimum atomic E-state index is -0.317. The zero-order chi connectivity index (χ0) is 15.1. The second-order valence-electron chi connectivity index (χ2n) is 4.16. The standard InChI is InChI=1S/C15H16N4O2/c1-3-10-16-14-9-8-13(18-19-14)15(20)17-11-4-6-12(21-2)7-5-11/h3-9H,1,10H2,2H3,(H,16,19)(H,17,20). The first-order valence-corrected chi connectivity index (χ1v) is 6.37. The van der Waals surface area contributed by atoms with E-state index in [1.54, 1.807) is 49.6 Å². The van der Waals surface area contributed by atoms with E-state index in [1.807, 2.05) is 0 Å². The van der Waals surface area contributed by atoms with Gasteiger partial charge in [-0.05, 0) is 36.4 Å². The molecule has 2 rings (SSSR count). The molecule has 0 aliphatic rings. The summed E-state index contributed by atoms with van der Waals surface area (Å²) < 4.78 is 5.06. The average Bonchev–Trinajstić information content (AvgIpc) is 2.54. The Hall–Kier alpha value is -2.89. The molecule has 2 N–H and O–H groups in total. The summed E-state index contributed by atoms with van der Waals surface area (Å²) in [5.74, 6) is 1.00. The Morgan fingerprint density at radius 1 is 1.24 bits per heavy atom. The number of carbonyl (C=O) groups is 1. The van der Waals surface area contributed by atoms with Crippen LogP contribution in [0.5, 0.6) is 5.75 Å². The summed E-state index contributed by atoms with van der Waals surface area (Å²) in [6.45, 7) is 4.19. The Morgan fingerprint density at radius 3 is 2.57 bits per heavy atom. The highest BCUT2D eigenvalue weighted by Gasteiger charge is 2.08. The highest BCUT2D eigenvalue weighted by molar-refractivity contribution is 6.02. The highest BCUT2D eigenvalue weighted by Crippen LogP contribution is 2.15. The summed E-state index contributed by atoms with van der Waals surface area (Å²) >= 11 is 0. The van der Waals surface area contributed by atoms with E-state index in [4.69, 9.17) is 4.74 Å². The van der Waals surface area contributed by atoms with Crippen LogP contribution in [0.1, 0.15) is 10.5 Å². The highest BCUT2D eigenvalue weighted by atomic mass is 16.5. The maximum atomic E-state index is 12.0. The minimum Gasteiger partial charge on any atom is -0.497 e. The van der Waals surface area contributed by atoms with E-state index < -0.39 is 0 Å². The molecular formula is C15H16N4O2. The van der Waals surface area contributed by atoms with Crippen LogP contribution in [0.2, 0.25) is 0 Å². The van der Waals surface area contributed by atoms with Crippen molar-refractivity contribution in [1.82, 2.24) is 10.2 Å². The number of nitrogens with zero attached hydrogens (tertiary/aromatic N) is 2. The molecule has 0 saturated carbocycles. The molecule has 0 atom stereocenters. The van der Waals surface area contributed by atoms with Gasteiger partial charge >= 0.3 is 0 Å². The fourth-order valence-corrected chi connectivity index (χ4v) is 1.59. The summed E-state index contributed by atoms with van der Waals surface area (Å²) in [6, 6.07) is 10.3. The van der Waals surface area contributed by atoms with Gasteiger partial charge in [0.15, 0.2) is 5.69 Å². The summed E-state index contributed by atoms with van der Waals surface area (Å²) in [5, 5.41) is 13.5. The van der Waals surface area contributed by atoms with E-state index in [1.165, 1.54) is 0 Å². The van der Waals surface area contributed by atoms with Gasteiger partial charge in [-0.3, -0.25) is 4.79 Å². The number of benzene rings is 1. The van der Waals surface area contributed by atoms with Crippen LogP contribution < -0.4 is 15.4 Å². The SMILES string of the molecule is C=CCNc1ccc(C(=O)Nc2ccc(OC)cc2)nn1. The number of hydrogen-bond acceptors (Lipinski definition) is 5. The van der Waals surface area contributed by atoms with Gasteiger partial charge in [0.05, 0.1) is 7.11 Å². The maximum absolute atomic E-state index is 12.0. The predicted octanol–water partition coefficient (Wildman–Crippen LogP) is 2.34. The molecule has 0 spiro atoms. The van der Waals surface area contributed by atoms with Crippen LogP contribution in [-0.4, -0.2) is 29.8 Å². The first-order chi connectivity index (χ1) is 10.2. The Bertz CT molecular complexity index is 609. The first-order valence-electron chi connectivity index (χ1n) is 6.37. The van der Waals surface area contributed by atoms with Crippen LogP contribution in [0.25, 0.3) is 0 Å². The van der Waals surface area contributed by atoms with Crippen LogP contribution in [-0.2, 0) is 0 Å². The van der Waals surface area contributed by atoms with Crippen LogP contribution in [0, 0.1) is 0 Å². The smallest absolute Gasteiger partial charge is 0.276 e. The Balaban J connectivity index is 2.00. The number of hydrogen-bond donors (Lipinski definition) is 2. The fourth-order valence-electron chi connectivity index (χ4n) is 1.59. The van der Waals surface area contributed by atoms with E-state index in [9.17, 15) is 4.79 Å². The number of carbonyl (C=O) groups excluding carboxylic acids is 1. The monoisotopic (exact) mass is 284 g/mol. The number of amides is 1. The van der Waals surface area contributed by atoms with Gasteiger partial charge in [-0.1, -0.05) is 6.08 Å². The zero-order valence-corrected chi connectivity index (χ0v) is 11.7. The second-order valence-corrected chi connectivity index (χ2v) is 4.16. The number of anilines is 2. The quantitative estimate of drug-likeness (QED) is 0.796. The fraction of sp³-hybridized carbons (Fsp3) is 0.133.